The summed E-state index contributed by atoms with van der Waals surface area (Å²) in [6, 6.07) is 9.78. The van der Waals surface area contributed by atoms with Crippen molar-refractivity contribution in [2.24, 2.45) is 0 Å². The van der Waals surface area contributed by atoms with Gasteiger partial charge in [0.15, 0.2) is 0 Å². The lowest BCUT2D eigenvalue weighted by molar-refractivity contribution is 0.0940. The summed E-state index contributed by atoms with van der Waals surface area (Å²) in [5, 5.41) is 12.9. The van der Waals surface area contributed by atoms with Crippen LogP contribution in [0.5, 0.6) is 0 Å². The number of carbonyl (C=O) groups is 1. The van der Waals surface area contributed by atoms with Crippen LogP contribution in [0.1, 0.15) is 22.2 Å². The van der Waals surface area contributed by atoms with Crippen LogP contribution in [0.25, 0.3) is 10.9 Å². The number of hydrogen-bond donors (Lipinski definition) is 2. The highest BCUT2D eigenvalue weighted by molar-refractivity contribution is 7.09. The van der Waals surface area contributed by atoms with Crippen molar-refractivity contribution in [3.8, 4) is 0 Å². The van der Waals surface area contributed by atoms with Gasteiger partial charge >= 0.3 is 0 Å². The number of nitrogens with zero attached hydrogens (tertiary/aromatic N) is 1. The highest BCUT2D eigenvalue weighted by Gasteiger charge is 2.11. The second kappa shape index (κ2) is 5.46. The van der Waals surface area contributed by atoms with Gasteiger partial charge in [-0.1, -0.05) is 12.1 Å². The van der Waals surface area contributed by atoms with Gasteiger partial charge in [0.2, 0.25) is 0 Å². The van der Waals surface area contributed by atoms with E-state index in [1.165, 1.54) is 4.88 Å². The number of thiophene rings is 1. The minimum Gasteiger partial charge on any atom is -0.349 e. The maximum atomic E-state index is 12.2. The van der Waals surface area contributed by atoms with Crippen molar-refractivity contribution in [1.82, 2.24) is 15.5 Å². The van der Waals surface area contributed by atoms with Crippen LogP contribution in [0.2, 0.25) is 0 Å². The molecule has 0 spiro atoms. The van der Waals surface area contributed by atoms with Gasteiger partial charge in [0.1, 0.15) is 0 Å². The molecule has 2 aromatic heterocycles. The third-order valence-electron chi connectivity index (χ3n) is 3.17. The smallest absolute Gasteiger partial charge is 0.251 e. The zero-order chi connectivity index (χ0) is 13.9. The van der Waals surface area contributed by atoms with E-state index in [0.717, 1.165) is 17.3 Å². The minimum absolute atomic E-state index is 0.0504. The SMILES string of the molecule is CC(Cc1cccs1)NC(=O)c1ccc2cn[nH]c2c1. The van der Waals surface area contributed by atoms with Crippen molar-refractivity contribution < 1.29 is 4.79 Å². The number of rotatable bonds is 4. The summed E-state index contributed by atoms with van der Waals surface area (Å²) in [4.78, 5) is 13.5. The topological polar surface area (TPSA) is 57.8 Å². The van der Waals surface area contributed by atoms with Crippen LogP contribution < -0.4 is 5.32 Å². The van der Waals surface area contributed by atoms with Crippen LogP contribution in [0.15, 0.2) is 41.9 Å². The van der Waals surface area contributed by atoms with Crippen LogP contribution >= 0.6 is 11.3 Å². The summed E-state index contributed by atoms with van der Waals surface area (Å²) >= 11 is 1.71. The van der Waals surface area contributed by atoms with E-state index >= 15 is 0 Å². The van der Waals surface area contributed by atoms with E-state index in [9.17, 15) is 4.79 Å². The fourth-order valence-electron chi connectivity index (χ4n) is 2.17. The Morgan fingerprint density at radius 2 is 2.35 bits per heavy atom. The predicted octanol–water partition coefficient (Wildman–Crippen LogP) is 2.99. The van der Waals surface area contributed by atoms with Gasteiger partial charge in [0, 0.05) is 28.3 Å². The average molecular weight is 285 g/mol. The maximum absolute atomic E-state index is 12.2. The number of amides is 1. The van der Waals surface area contributed by atoms with Gasteiger partial charge in [0.05, 0.1) is 11.7 Å². The molecule has 0 saturated heterocycles. The summed E-state index contributed by atoms with van der Waals surface area (Å²) < 4.78 is 0. The fraction of sp³-hybridized carbons (Fsp3) is 0.200. The monoisotopic (exact) mass is 285 g/mol. The molecule has 1 unspecified atom stereocenters. The second-order valence-electron chi connectivity index (χ2n) is 4.83. The maximum Gasteiger partial charge on any atom is 0.251 e. The molecule has 2 heterocycles. The standard InChI is InChI=1S/C15H15N3OS/c1-10(7-13-3-2-6-20-13)17-15(19)11-4-5-12-9-16-18-14(12)8-11/h2-6,8-10H,7H2,1H3,(H,16,18)(H,17,19). The van der Waals surface area contributed by atoms with Gasteiger partial charge in [-0.3, -0.25) is 9.89 Å². The molecule has 3 rings (SSSR count). The molecule has 0 radical (unpaired) electrons. The molecule has 1 atom stereocenters. The first-order chi connectivity index (χ1) is 9.72. The summed E-state index contributed by atoms with van der Waals surface area (Å²) in [6.45, 7) is 2.02. The van der Waals surface area contributed by atoms with Crippen molar-refractivity contribution >= 4 is 28.1 Å². The van der Waals surface area contributed by atoms with E-state index in [0.29, 0.717) is 5.56 Å². The van der Waals surface area contributed by atoms with Crippen molar-refractivity contribution in [2.45, 2.75) is 19.4 Å². The van der Waals surface area contributed by atoms with E-state index in [1.807, 2.05) is 31.2 Å². The molecule has 4 nitrogen and oxygen atoms in total. The van der Waals surface area contributed by atoms with Crippen LogP contribution in [-0.2, 0) is 6.42 Å². The minimum atomic E-state index is -0.0504. The molecule has 1 amide bonds. The largest absolute Gasteiger partial charge is 0.349 e. The van der Waals surface area contributed by atoms with Gasteiger partial charge in [-0.25, -0.2) is 0 Å². The first-order valence-electron chi connectivity index (χ1n) is 6.49. The highest BCUT2D eigenvalue weighted by atomic mass is 32.1. The number of benzene rings is 1. The van der Waals surface area contributed by atoms with E-state index in [1.54, 1.807) is 17.5 Å². The third kappa shape index (κ3) is 2.72. The third-order valence-corrected chi connectivity index (χ3v) is 4.07. The molecule has 2 N–H and O–H groups in total. The van der Waals surface area contributed by atoms with Crippen LogP contribution in [0.3, 0.4) is 0 Å². The number of aromatic amines is 1. The van der Waals surface area contributed by atoms with E-state index in [-0.39, 0.29) is 11.9 Å². The lowest BCUT2D eigenvalue weighted by atomic mass is 10.1. The summed E-state index contributed by atoms with van der Waals surface area (Å²) in [7, 11) is 0. The molecule has 0 aliphatic heterocycles. The Kier molecular flexibility index (Phi) is 3.52. The van der Waals surface area contributed by atoms with Crippen molar-refractivity contribution in [2.75, 3.05) is 0 Å². The lowest BCUT2D eigenvalue weighted by Gasteiger charge is -2.13. The van der Waals surface area contributed by atoms with Crippen LogP contribution in [0, 0.1) is 0 Å². The Hall–Kier alpha value is -2.14. The summed E-state index contributed by atoms with van der Waals surface area (Å²) in [5.41, 5.74) is 1.53. The molecule has 0 aliphatic rings. The summed E-state index contributed by atoms with van der Waals surface area (Å²) in [5.74, 6) is -0.0504. The van der Waals surface area contributed by atoms with Crippen LogP contribution in [-0.4, -0.2) is 22.1 Å². The first-order valence-corrected chi connectivity index (χ1v) is 7.37. The molecule has 5 heteroatoms. The Morgan fingerprint density at radius 1 is 1.45 bits per heavy atom. The highest BCUT2D eigenvalue weighted by Crippen LogP contribution is 2.14. The van der Waals surface area contributed by atoms with Gasteiger partial charge in [-0.05, 0) is 30.5 Å². The van der Waals surface area contributed by atoms with Gasteiger partial charge < -0.3 is 5.32 Å². The molecule has 0 aliphatic carbocycles. The Labute approximate surface area is 120 Å². The predicted molar refractivity (Wildman–Crippen MR) is 81.0 cm³/mol. The van der Waals surface area contributed by atoms with Gasteiger partial charge in [-0.15, -0.1) is 11.3 Å². The number of hydrogen-bond acceptors (Lipinski definition) is 3. The number of fused-ring (bicyclic) bond motifs is 1. The molecule has 102 valence electrons. The van der Waals surface area contributed by atoms with Gasteiger partial charge in [-0.2, -0.15) is 5.10 Å². The number of nitrogens with one attached hydrogen (secondary N) is 2. The zero-order valence-corrected chi connectivity index (χ0v) is 11.9. The van der Waals surface area contributed by atoms with Crippen molar-refractivity contribution in [1.29, 1.82) is 0 Å². The molecule has 0 saturated carbocycles. The van der Waals surface area contributed by atoms with E-state index in [2.05, 4.69) is 27.0 Å². The molecule has 0 bridgehead atoms. The Balaban J connectivity index is 1.68. The summed E-state index contributed by atoms with van der Waals surface area (Å²) in [6.07, 6.45) is 2.60. The van der Waals surface area contributed by atoms with E-state index in [4.69, 9.17) is 0 Å². The van der Waals surface area contributed by atoms with Crippen molar-refractivity contribution in [3.63, 3.8) is 0 Å². The lowest BCUT2D eigenvalue weighted by Crippen LogP contribution is -2.33. The fourth-order valence-corrected chi connectivity index (χ4v) is 3.00. The Morgan fingerprint density at radius 3 is 3.15 bits per heavy atom. The molecule has 3 aromatic rings. The number of carbonyl (C=O) groups excluding carboxylic acids is 1. The van der Waals surface area contributed by atoms with E-state index < -0.39 is 0 Å². The zero-order valence-electron chi connectivity index (χ0n) is 11.1. The Bertz CT molecular complexity index is 718. The average Bonchev–Trinajstić information content (AvgIpc) is 3.07. The second-order valence-corrected chi connectivity index (χ2v) is 5.86. The molecular weight excluding hydrogens is 270 g/mol. The first kappa shape index (κ1) is 12.9. The molecule has 0 fully saturated rings. The normalized spacial score (nSPS) is 12.4. The van der Waals surface area contributed by atoms with Crippen molar-refractivity contribution in [3.05, 3.63) is 52.3 Å². The number of H-pyrrole nitrogens is 1. The molecule has 1 aromatic carbocycles. The molecule has 20 heavy (non-hydrogen) atoms. The van der Waals surface area contributed by atoms with Gasteiger partial charge in [0.25, 0.3) is 5.91 Å². The van der Waals surface area contributed by atoms with Crippen LogP contribution in [0.4, 0.5) is 0 Å². The quantitative estimate of drug-likeness (QED) is 0.774. The number of aromatic nitrogens is 2. The molecular formula is C15H15N3OS.